The molecule has 0 bridgehead atoms. The van der Waals surface area contributed by atoms with Gasteiger partial charge < -0.3 is 14.4 Å². The maximum Gasteiger partial charge on any atom is 0.155 e. The summed E-state index contributed by atoms with van der Waals surface area (Å²) in [5.74, 6) is 0.869. The number of carbonyl (C=O) groups is 1. The molecule has 114 valence electrons. The summed E-state index contributed by atoms with van der Waals surface area (Å²) in [4.78, 5) is 12.9. The van der Waals surface area contributed by atoms with Gasteiger partial charge in [-0.2, -0.15) is 5.10 Å². The summed E-state index contributed by atoms with van der Waals surface area (Å²) in [6, 6.07) is 10.2. The van der Waals surface area contributed by atoms with Crippen molar-refractivity contribution in [1.29, 1.82) is 0 Å². The molecule has 0 aliphatic carbocycles. The second-order valence-electron chi connectivity index (χ2n) is 5.45. The van der Waals surface area contributed by atoms with Crippen LogP contribution in [0.25, 0.3) is 0 Å². The molecule has 0 saturated carbocycles. The summed E-state index contributed by atoms with van der Waals surface area (Å²) in [7, 11) is 1.63. The predicted octanol–water partition coefficient (Wildman–Crippen LogP) is 2.76. The van der Waals surface area contributed by atoms with Crippen molar-refractivity contribution in [2.24, 2.45) is 0 Å². The van der Waals surface area contributed by atoms with Crippen LogP contribution < -0.4 is 4.90 Å². The highest BCUT2D eigenvalue weighted by Crippen LogP contribution is 2.35. The van der Waals surface area contributed by atoms with Crippen molar-refractivity contribution in [3.05, 3.63) is 47.2 Å². The summed E-state index contributed by atoms with van der Waals surface area (Å²) >= 11 is 0. The van der Waals surface area contributed by atoms with Crippen LogP contribution >= 0.6 is 0 Å². The molecule has 2 aromatic rings. The van der Waals surface area contributed by atoms with E-state index in [1.165, 1.54) is 5.56 Å². The number of fused-ring (bicyclic) bond motifs is 1. The summed E-state index contributed by atoms with van der Waals surface area (Å²) in [5, 5.41) is 8.40. The fourth-order valence-electron chi connectivity index (χ4n) is 2.85. The van der Waals surface area contributed by atoms with Gasteiger partial charge in [-0.05, 0) is 42.7 Å². The number of carbonyl (C=O) groups excluding carboxylic acids is 1. The molecule has 2 heterocycles. The first-order valence-corrected chi connectivity index (χ1v) is 7.40. The molecule has 1 unspecified atom stereocenters. The molecule has 1 atom stereocenters. The quantitative estimate of drug-likeness (QED) is 0.794. The van der Waals surface area contributed by atoms with Crippen LogP contribution in [0.3, 0.4) is 0 Å². The van der Waals surface area contributed by atoms with Gasteiger partial charge in [-0.25, -0.2) is 0 Å². The minimum Gasteiger partial charge on any atom is -0.376 e. The zero-order valence-corrected chi connectivity index (χ0v) is 12.8. The molecule has 0 amide bonds. The van der Waals surface area contributed by atoms with E-state index in [4.69, 9.17) is 4.74 Å². The van der Waals surface area contributed by atoms with Crippen molar-refractivity contribution in [3.8, 4) is 0 Å². The molecule has 0 radical (unpaired) electrons. The van der Waals surface area contributed by atoms with Crippen LogP contribution in [0.5, 0.6) is 0 Å². The van der Waals surface area contributed by atoms with Crippen molar-refractivity contribution in [2.45, 2.75) is 25.9 Å². The third-order valence-corrected chi connectivity index (χ3v) is 4.03. The highest BCUT2D eigenvalue weighted by Gasteiger charge is 2.23. The third kappa shape index (κ3) is 2.72. The van der Waals surface area contributed by atoms with Crippen molar-refractivity contribution in [1.82, 2.24) is 10.2 Å². The number of rotatable bonds is 5. The number of aryl methyl sites for hydroxylation is 1. The summed E-state index contributed by atoms with van der Waals surface area (Å²) < 4.78 is 5.39. The van der Waals surface area contributed by atoms with E-state index in [9.17, 15) is 4.79 Å². The monoisotopic (exact) mass is 297 g/mol. The van der Waals surface area contributed by atoms with Gasteiger partial charge in [0.25, 0.3) is 0 Å². The van der Waals surface area contributed by atoms with E-state index in [0.29, 0.717) is 6.42 Å². The van der Waals surface area contributed by atoms with Crippen LogP contribution in [0.15, 0.2) is 30.3 Å². The fourth-order valence-corrected chi connectivity index (χ4v) is 2.85. The topological polar surface area (TPSA) is 55.3 Å². The van der Waals surface area contributed by atoms with Crippen LogP contribution in [-0.4, -0.2) is 30.1 Å². The van der Waals surface area contributed by atoms with Crippen LogP contribution in [0, 0.1) is 6.92 Å². The van der Waals surface area contributed by atoms with Gasteiger partial charge >= 0.3 is 0 Å². The Morgan fingerprint density at radius 2 is 2.18 bits per heavy atom. The van der Waals surface area contributed by atoms with E-state index in [0.717, 1.165) is 42.0 Å². The lowest BCUT2D eigenvalue weighted by Gasteiger charge is -2.19. The third-order valence-electron chi connectivity index (χ3n) is 4.03. The van der Waals surface area contributed by atoms with E-state index < -0.39 is 0 Å². The SMILES string of the molecule is COC(CC=O)c1ccc2c(c1)CCN2c1ccc(C)nn1. The fraction of sp³-hybridized carbons (Fsp3) is 0.353. The molecule has 0 N–H and O–H groups in total. The van der Waals surface area contributed by atoms with Crippen LogP contribution in [0.1, 0.15) is 29.3 Å². The Hall–Kier alpha value is -2.27. The van der Waals surface area contributed by atoms with Gasteiger partial charge in [0.2, 0.25) is 0 Å². The molecule has 1 aromatic heterocycles. The first kappa shape index (κ1) is 14.7. The number of ether oxygens (including phenoxy) is 1. The van der Waals surface area contributed by atoms with E-state index in [1.807, 2.05) is 25.1 Å². The van der Waals surface area contributed by atoms with Crippen molar-refractivity contribution in [2.75, 3.05) is 18.6 Å². The van der Waals surface area contributed by atoms with Crippen LogP contribution in [0.2, 0.25) is 0 Å². The van der Waals surface area contributed by atoms with Gasteiger partial charge in [0.05, 0.1) is 11.8 Å². The lowest BCUT2D eigenvalue weighted by molar-refractivity contribution is -0.110. The average Bonchev–Trinajstić information content (AvgIpc) is 2.96. The minimum absolute atomic E-state index is 0.170. The number of hydrogen-bond donors (Lipinski definition) is 0. The van der Waals surface area contributed by atoms with Gasteiger partial charge in [-0.3, -0.25) is 0 Å². The minimum atomic E-state index is -0.170. The second kappa shape index (κ2) is 6.23. The predicted molar refractivity (Wildman–Crippen MR) is 84.4 cm³/mol. The number of benzene rings is 1. The van der Waals surface area contributed by atoms with Crippen molar-refractivity contribution >= 4 is 17.8 Å². The smallest absolute Gasteiger partial charge is 0.155 e. The molecule has 1 aliphatic heterocycles. The Morgan fingerprint density at radius 1 is 1.32 bits per heavy atom. The van der Waals surface area contributed by atoms with Crippen LogP contribution in [-0.2, 0) is 16.0 Å². The molecule has 1 aromatic carbocycles. The first-order chi connectivity index (χ1) is 10.7. The molecular weight excluding hydrogens is 278 g/mol. The van der Waals surface area contributed by atoms with Crippen molar-refractivity contribution < 1.29 is 9.53 Å². The Labute approximate surface area is 129 Å². The number of aldehydes is 1. The van der Waals surface area contributed by atoms with Gasteiger partial charge in [0.1, 0.15) is 6.29 Å². The maximum absolute atomic E-state index is 10.7. The molecule has 0 saturated heterocycles. The summed E-state index contributed by atoms with van der Waals surface area (Å²) in [5.41, 5.74) is 4.37. The van der Waals surface area contributed by atoms with Crippen molar-refractivity contribution in [3.63, 3.8) is 0 Å². The molecule has 3 rings (SSSR count). The number of nitrogens with zero attached hydrogens (tertiary/aromatic N) is 3. The Kier molecular flexibility index (Phi) is 4.15. The van der Waals surface area contributed by atoms with Gasteiger partial charge in [0.15, 0.2) is 5.82 Å². The summed E-state index contributed by atoms with van der Waals surface area (Å²) in [6.07, 6.45) is 2.06. The highest BCUT2D eigenvalue weighted by molar-refractivity contribution is 5.68. The molecule has 5 nitrogen and oxygen atoms in total. The van der Waals surface area contributed by atoms with E-state index in [2.05, 4.69) is 27.2 Å². The Bertz CT molecular complexity index is 670. The maximum atomic E-state index is 10.7. The van der Waals surface area contributed by atoms with E-state index >= 15 is 0 Å². The average molecular weight is 297 g/mol. The largest absolute Gasteiger partial charge is 0.376 e. The molecule has 1 aliphatic rings. The molecular formula is C17H19N3O2. The summed E-state index contributed by atoms with van der Waals surface area (Å²) in [6.45, 7) is 2.82. The van der Waals surface area contributed by atoms with Gasteiger partial charge in [-0.1, -0.05) is 12.1 Å². The Morgan fingerprint density at radius 3 is 2.86 bits per heavy atom. The molecule has 0 spiro atoms. The number of anilines is 2. The van der Waals surface area contributed by atoms with E-state index in [-0.39, 0.29) is 6.10 Å². The van der Waals surface area contributed by atoms with Gasteiger partial charge in [0, 0.05) is 25.8 Å². The molecule has 22 heavy (non-hydrogen) atoms. The normalized spacial score (nSPS) is 14.7. The standard InChI is InChI=1S/C17H19N3O2/c1-12-3-6-17(19-18-12)20-9-7-13-11-14(4-5-15(13)20)16(22-2)8-10-21/h3-6,10-11,16H,7-9H2,1-2H3. The lowest BCUT2D eigenvalue weighted by atomic mass is 10.0. The lowest BCUT2D eigenvalue weighted by Crippen LogP contribution is -2.15. The zero-order chi connectivity index (χ0) is 15.5. The number of aromatic nitrogens is 2. The highest BCUT2D eigenvalue weighted by atomic mass is 16.5. The van der Waals surface area contributed by atoms with Crippen LogP contribution in [0.4, 0.5) is 11.5 Å². The second-order valence-corrected chi connectivity index (χ2v) is 5.45. The zero-order valence-electron chi connectivity index (χ0n) is 12.8. The molecule has 5 heteroatoms. The Balaban J connectivity index is 1.89. The number of hydrogen-bond acceptors (Lipinski definition) is 5. The van der Waals surface area contributed by atoms with E-state index in [1.54, 1.807) is 7.11 Å². The van der Waals surface area contributed by atoms with Gasteiger partial charge in [-0.15, -0.1) is 5.10 Å². The number of methoxy groups -OCH3 is 1. The first-order valence-electron chi connectivity index (χ1n) is 7.40. The molecule has 0 fully saturated rings.